The van der Waals surface area contributed by atoms with Gasteiger partial charge < -0.3 is 15.5 Å². The number of fused-ring (bicyclic) bond motifs is 3. The number of H-pyrrole nitrogens is 1. The van der Waals surface area contributed by atoms with Crippen molar-refractivity contribution in [2.24, 2.45) is 10.7 Å². The third-order valence-corrected chi connectivity index (χ3v) is 5.01. The Balaban J connectivity index is 1.60. The first kappa shape index (κ1) is 19.3. The molecule has 0 unspecified atom stereocenters. The van der Waals surface area contributed by atoms with Gasteiger partial charge in [-0.2, -0.15) is 0 Å². The lowest BCUT2D eigenvalue weighted by Crippen LogP contribution is -2.37. The molecule has 154 valence electrons. The first-order valence-corrected chi connectivity index (χ1v) is 9.90. The molecule has 1 aliphatic heterocycles. The maximum absolute atomic E-state index is 12.9. The second kappa shape index (κ2) is 8.58. The molecule has 0 aromatic carbocycles. The van der Waals surface area contributed by atoms with Crippen LogP contribution in [0.5, 0.6) is 0 Å². The molecule has 3 aromatic rings. The van der Waals surface area contributed by atoms with Gasteiger partial charge in [-0.05, 0) is 6.42 Å². The van der Waals surface area contributed by atoms with Crippen molar-refractivity contribution in [1.29, 1.82) is 0 Å². The van der Waals surface area contributed by atoms with E-state index in [4.69, 9.17) is 10.5 Å². The summed E-state index contributed by atoms with van der Waals surface area (Å²) in [7, 11) is 0. The van der Waals surface area contributed by atoms with E-state index in [2.05, 4.69) is 24.8 Å². The van der Waals surface area contributed by atoms with Gasteiger partial charge in [-0.25, -0.2) is 9.97 Å². The number of allylic oxidation sites excluding steroid dienone is 1. The van der Waals surface area contributed by atoms with Crippen LogP contribution < -0.4 is 11.3 Å². The van der Waals surface area contributed by atoms with Crippen molar-refractivity contribution in [1.82, 2.24) is 28.8 Å². The number of hydrogen-bond acceptors (Lipinski definition) is 7. The minimum Gasteiger partial charge on any atom is -0.404 e. The predicted molar refractivity (Wildman–Crippen MR) is 112 cm³/mol. The number of ether oxygens (including phenoxy) is 1. The van der Waals surface area contributed by atoms with Gasteiger partial charge in [0.25, 0.3) is 5.56 Å². The van der Waals surface area contributed by atoms with E-state index in [0.29, 0.717) is 41.4 Å². The van der Waals surface area contributed by atoms with Crippen LogP contribution in [0.4, 0.5) is 0 Å². The summed E-state index contributed by atoms with van der Waals surface area (Å²) in [6.45, 7) is 7.56. The minimum absolute atomic E-state index is 0.139. The number of hydrogen-bond donors (Lipinski definition) is 2. The van der Waals surface area contributed by atoms with Crippen molar-refractivity contribution < 1.29 is 4.74 Å². The summed E-state index contributed by atoms with van der Waals surface area (Å²) in [5, 5.41) is 0. The third-order valence-electron chi connectivity index (χ3n) is 5.01. The summed E-state index contributed by atoms with van der Waals surface area (Å²) >= 11 is 0. The van der Waals surface area contributed by atoms with Crippen LogP contribution >= 0.6 is 0 Å². The standard InChI is InChI=1S/C19H26N8O2/c1-2-5-27-18(28)15-17(26-7-4-22-19(26)27)24-16(23-15)14(12-20)13-21-3-6-25-8-10-29-11-9-25/h4,7,12-13H,2-3,5-6,8-11,20H2,1H3,(H,23,24). The number of aliphatic imine (C=N–C) groups is 1. The van der Waals surface area contributed by atoms with Crippen molar-refractivity contribution in [2.45, 2.75) is 19.9 Å². The van der Waals surface area contributed by atoms with Crippen LogP contribution in [-0.2, 0) is 11.3 Å². The van der Waals surface area contributed by atoms with Gasteiger partial charge in [0.1, 0.15) is 5.82 Å². The monoisotopic (exact) mass is 398 g/mol. The molecular formula is C19H26N8O2. The molecule has 0 saturated carbocycles. The smallest absolute Gasteiger partial charge is 0.280 e. The van der Waals surface area contributed by atoms with Gasteiger partial charge in [0, 0.05) is 51.0 Å². The Kier molecular flexibility index (Phi) is 5.72. The summed E-state index contributed by atoms with van der Waals surface area (Å²) in [6, 6.07) is 0. The van der Waals surface area contributed by atoms with E-state index in [1.165, 1.54) is 6.20 Å². The van der Waals surface area contributed by atoms with Crippen molar-refractivity contribution in [3.05, 3.63) is 34.8 Å². The molecule has 1 aliphatic rings. The molecule has 3 N–H and O–H groups in total. The van der Waals surface area contributed by atoms with Gasteiger partial charge in [-0.3, -0.25) is 23.7 Å². The number of aromatic amines is 1. The first-order valence-electron chi connectivity index (χ1n) is 9.90. The first-order chi connectivity index (χ1) is 14.2. The maximum Gasteiger partial charge on any atom is 0.280 e. The number of aryl methyl sites for hydroxylation is 1. The molecule has 3 aromatic heterocycles. The third kappa shape index (κ3) is 3.81. The second-order valence-electron chi connectivity index (χ2n) is 6.95. The molecule has 10 nitrogen and oxygen atoms in total. The van der Waals surface area contributed by atoms with Crippen LogP contribution in [0, 0.1) is 0 Å². The van der Waals surface area contributed by atoms with Gasteiger partial charge in [-0.1, -0.05) is 6.92 Å². The molecule has 1 fully saturated rings. The summed E-state index contributed by atoms with van der Waals surface area (Å²) in [6.07, 6.45) is 7.45. The summed E-state index contributed by atoms with van der Waals surface area (Å²) in [4.78, 5) is 31.8. The number of nitrogens with one attached hydrogen (secondary N) is 1. The van der Waals surface area contributed by atoms with Gasteiger partial charge in [0.15, 0.2) is 11.2 Å². The van der Waals surface area contributed by atoms with Crippen LogP contribution in [0.2, 0.25) is 0 Å². The topological polar surface area (TPSA) is 119 Å². The molecule has 0 atom stereocenters. The zero-order valence-electron chi connectivity index (χ0n) is 16.5. The highest BCUT2D eigenvalue weighted by Gasteiger charge is 2.16. The van der Waals surface area contributed by atoms with Crippen LogP contribution in [0.3, 0.4) is 0 Å². The lowest BCUT2D eigenvalue weighted by molar-refractivity contribution is 0.0395. The van der Waals surface area contributed by atoms with Crippen LogP contribution in [0.15, 0.2) is 28.4 Å². The Morgan fingerprint density at radius 2 is 2.21 bits per heavy atom. The summed E-state index contributed by atoms with van der Waals surface area (Å²) in [5.74, 6) is 1.10. The number of morpholine rings is 1. The fourth-order valence-electron chi connectivity index (χ4n) is 3.51. The fourth-order valence-corrected chi connectivity index (χ4v) is 3.51. The van der Waals surface area contributed by atoms with Gasteiger partial charge in [-0.15, -0.1) is 0 Å². The van der Waals surface area contributed by atoms with Crippen molar-refractivity contribution in [2.75, 3.05) is 39.4 Å². The number of rotatable bonds is 7. The van der Waals surface area contributed by atoms with Crippen molar-refractivity contribution in [3.8, 4) is 0 Å². The molecule has 4 rings (SSSR count). The molecule has 29 heavy (non-hydrogen) atoms. The lowest BCUT2D eigenvalue weighted by Gasteiger charge is -2.25. The van der Waals surface area contributed by atoms with E-state index in [1.54, 1.807) is 23.2 Å². The molecule has 0 bridgehead atoms. The van der Waals surface area contributed by atoms with Gasteiger partial charge in [0.05, 0.1) is 25.3 Å². The highest BCUT2D eigenvalue weighted by atomic mass is 16.5. The zero-order chi connectivity index (χ0) is 20.2. The van der Waals surface area contributed by atoms with Crippen LogP contribution in [0.1, 0.15) is 19.2 Å². The average Bonchev–Trinajstić information content (AvgIpc) is 3.39. The molecule has 1 saturated heterocycles. The molecule has 0 amide bonds. The van der Waals surface area contributed by atoms with Crippen molar-refractivity contribution >= 4 is 28.7 Å². The lowest BCUT2D eigenvalue weighted by atomic mass is 10.3. The number of nitrogens with two attached hydrogens (primary N) is 1. The normalized spacial score (nSPS) is 16.5. The van der Waals surface area contributed by atoms with E-state index in [0.717, 1.165) is 39.3 Å². The molecule has 10 heteroatoms. The summed E-state index contributed by atoms with van der Waals surface area (Å²) < 4.78 is 8.83. The Morgan fingerprint density at radius 3 is 2.97 bits per heavy atom. The Morgan fingerprint density at radius 1 is 1.38 bits per heavy atom. The van der Waals surface area contributed by atoms with E-state index in [-0.39, 0.29) is 5.56 Å². The largest absolute Gasteiger partial charge is 0.404 e. The summed E-state index contributed by atoms with van der Waals surface area (Å²) in [5.41, 5.74) is 7.28. The molecular weight excluding hydrogens is 372 g/mol. The predicted octanol–water partition coefficient (Wildman–Crippen LogP) is 0.485. The molecule has 4 heterocycles. The molecule has 0 spiro atoms. The SMILES string of the molecule is CCCn1c(=O)c2[nH]c(C(C=NCCN3CCOCC3)=CN)nc2n2ccnc12. The van der Waals surface area contributed by atoms with Crippen LogP contribution in [0.25, 0.3) is 22.5 Å². The highest BCUT2D eigenvalue weighted by Crippen LogP contribution is 2.15. The number of imidazole rings is 2. The van der Waals surface area contributed by atoms with Gasteiger partial charge in [0.2, 0.25) is 5.78 Å². The maximum atomic E-state index is 12.9. The van der Waals surface area contributed by atoms with Crippen molar-refractivity contribution in [3.63, 3.8) is 0 Å². The van der Waals surface area contributed by atoms with E-state index < -0.39 is 0 Å². The Labute approximate surface area is 167 Å². The van der Waals surface area contributed by atoms with E-state index >= 15 is 0 Å². The van der Waals surface area contributed by atoms with E-state index in [1.807, 2.05) is 11.3 Å². The Hall–Kier alpha value is -2.98. The molecule has 0 radical (unpaired) electrons. The fraction of sp³-hybridized carbons (Fsp3) is 0.474. The van der Waals surface area contributed by atoms with Crippen LogP contribution in [-0.4, -0.2) is 74.4 Å². The van der Waals surface area contributed by atoms with Gasteiger partial charge >= 0.3 is 0 Å². The number of aromatic nitrogens is 5. The second-order valence-corrected chi connectivity index (χ2v) is 6.95. The highest BCUT2D eigenvalue weighted by molar-refractivity contribution is 6.08. The quantitative estimate of drug-likeness (QED) is 0.559. The van der Waals surface area contributed by atoms with E-state index in [9.17, 15) is 4.79 Å². The number of nitrogens with zero attached hydrogens (tertiary/aromatic N) is 6. The average molecular weight is 398 g/mol. The Bertz CT molecular complexity index is 1100. The molecule has 0 aliphatic carbocycles. The zero-order valence-corrected chi connectivity index (χ0v) is 16.5. The minimum atomic E-state index is -0.139.